The Kier molecular flexibility index (Phi) is 5.24. The number of hydrazone groups is 1. The molecule has 116 valence electrons. The van der Waals surface area contributed by atoms with Gasteiger partial charge in [0, 0.05) is 13.1 Å². The Hall–Kier alpha value is -2.70. The van der Waals surface area contributed by atoms with E-state index in [1.54, 1.807) is 12.1 Å². The van der Waals surface area contributed by atoms with Crippen molar-refractivity contribution in [3.63, 3.8) is 0 Å². The average molecular weight is 303 g/mol. The molecule has 0 spiro atoms. The summed E-state index contributed by atoms with van der Waals surface area (Å²) in [7, 11) is 0. The summed E-state index contributed by atoms with van der Waals surface area (Å²) in [6, 6.07) is 5.99. The number of carboxylic acids is 1. The Morgan fingerprint density at radius 3 is 2.32 bits per heavy atom. The number of benzene rings is 1. The van der Waals surface area contributed by atoms with Crippen molar-refractivity contribution in [2.45, 2.75) is 19.3 Å². The summed E-state index contributed by atoms with van der Waals surface area (Å²) < 4.78 is 0. The fraction of sp³-hybridized carbons (Fsp3) is 0.333. The topological polar surface area (TPSA) is 99.1 Å². The van der Waals surface area contributed by atoms with Gasteiger partial charge in [-0.05, 0) is 37.0 Å². The molecule has 1 aliphatic heterocycles. The number of carbonyl (C=O) groups excluding carboxylic acids is 2. The second kappa shape index (κ2) is 7.35. The molecule has 0 radical (unpaired) electrons. The second-order valence-corrected chi connectivity index (χ2v) is 4.98. The van der Waals surface area contributed by atoms with Gasteiger partial charge in [-0.3, -0.25) is 9.59 Å². The van der Waals surface area contributed by atoms with Gasteiger partial charge >= 0.3 is 17.8 Å². The summed E-state index contributed by atoms with van der Waals surface area (Å²) in [4.78, 5) is 35.7. The molecule has 1 heterocycles. The molecule has 0 aliphatic carbocycles. The fourth-order valence-electron chi connectivity index (χ4n) is 2.17. The molecular weight excluding hydrogens is 286 g/mol. The van der Waals surface area contributed by atoms with Crippen molar-refractivity contribution in [3.8, 4) is 0 Å². The molecule has 2 amide bonds. The van der Waals surface area contributed by atoms with E-state index in [1.807, 2.05) is 0 Å². The number of hydrogen-bond acceptors (Lipinski definition) is 4. The molecule has 1 fully saturated rings. The van der Waals surface area contributed by atoms with Crippen LogP contribution in [0.3, 0.4) is 0 Å². The molecule has 0 bridgehead atoms. The van der Waals surface area contributed by atoms with Crippen LogP contribution in [0.5, 0.6) is 0 Å². The molecule has 7 heteroatoms. The van der Waals surface area contributed by atoms with E-state index in [1.165, 1.54) is 23.2 Å². The minimum atomic E-state index is -1.01. The smallest absolute Gasteiger partial charge is 0.335 e. The summed E-state index contributed by atoms with van der Waals surface area (Å²) in [5, 5.41) is 12.5. The molecule has 1 aromatic rings. The third-order valence-corrected chi connectivity index (χ3v) is 3.37. The lowest BCUT2D eigenvalue weighted by molar-refractivity contribution is -0.146. The minimum absolute atomic E-state index is 0.168. The quantitative estimate of drug-likeness (QED) is 0.491. The van der Waals surface area contributed by atoms with Gasteiger partial charge in [0.2, 0.25) is 0 Å². The van der Waals surface area contributed by atoms with Crippen molar-refractivity contribution in [2.75, 3.05) is 13.1 Å². The van der Waals surface area contributed by atoms with Crippen LogP contribution < -0.4 is 5.43 Å². The van der Waals surface area contributed by atoms with Crippen LogP contribution in [0.25, 0.3) is 0 Å². The Morgan fingerprint density at radius 2 is 1.73 bits per heavy atom. The van der Waals surface area contributed by atoms with Crippen molar-refractivity contribution < 1.29 is 19.5 Å². The van der Waals surface area contributed by atoms with E-state index in [0.29, 0.717) is 18.7 Å². The van der Waals surface area contributed by atoms with Gasteiger partial charge in [-0.15, -0.1) is 0 Å². The molecule has 2 rings (SSSR count). The van der Waals surface area contributed by atoms with Crippen LogP contribution in [0.2, 0.25) is 0 Å². The number of piperidine rings is 1. The highest BCUT2D eigenvalue weighted by molar-refractivity contribution is 6.35. The first-order valence-corrected chi connectivity index (χ1v) is 7.03. The molecule has 1 aromatic carbocycles. The predicted octanol–water partition coefficient (Wildman–Crippen LogP) is 0.847. The van der Waals surface area contributed by atoms with Crippen molar-refractivity contribution in [1.82, 2.24) is 10.3 Å². The summed E-state index contributed by atoms with van der Waals surface area (Å²) in [5.74, 6) is -2.35. The van der Waals surface area contributed by atoms with Crippen molar-refractivity contribution in [1.29, 1.82) is 0 Å². The lowest BCUT2D eigenvalue weighted by Gasteiger charge is -2.25. The number of carboxylic acid groups (broad SMARTS) is 1. The maximum Gasteiger partial charge on any atom is 0.335 e. The lowest BCUT2D eigenvalue weighted by Crippen LogP contribution is -2.43. The van der Waals surface area contributed by atoms with Crippen LogP contribution >= 0.6 is 0 Å². The normalized spacial score (nSPS) is 14.8. The maximum absolute atomic E-state index is 11.8. The van der Waals surface area contributed by atoms with Gasteiger partial charge < -0.3 is 10.0 Å². The van der Waals surface area contributed by atoms with Gasteiger partial charge in [-0.1, -0.05) is 12.1 Å². The molecule has 22 heavy (non-hydrogen) atoms. The first-order chi connectivity index (χ1) is 10.6. The van der Waals surface area contributed by atoms with E-state index in [2.05, 4.69) is 10.5 Å². The Labute approximate surface area is 127 Å². The number of hydrogen-bond donors (Lipinski definition) is 2. The summed E-state index contributed by atoms with van der Waals surface area (Å²) in [6.07, 6.45) is 4.26. The Bertz CT molecular complexity index is 589. The van der Waals surface area contributed by atoms with Crippen LogP contribution in [0.4, 0.5) is 0 Å². The number of nitrogens with zero attached hydrogens (tertiary/aromatic N) is 2. The standard InChI is InChI=1S/C15H17N3O4/c19-13(14(20)18-8-2-1-3-9-18)17-16-10-11-4-6-12(7-5-11)15(21)22/h4-7,10H,1-3,8-9H2,(H,17,19)(H,21,22). The molecule has 7 nitrogen and oxygen atoms in total. The van der Waals surface area contributed by atoms with Gasteiger partial charge in [-0.2, -0.15) is 5.10 Å². The molecule has 0 saturated carbocycles. The Balaban J connectivity index is 1.86. The number of likely N-dealkylation sites (tertiary alicyclic amines) is 1. The van der Waals surface area contributed by atoms with E-state index in [0.717, 1.165) is 19.3 Å². The molecule has 1 saturated heterocycles. The zero-order chi connectivity index (χ0) is 15.9. The van der Waals surface area contributed by atoms with E-state index < -0.39 is 17.8 Å². The molecule has 1 aliphatic rings. The predicted molar refractivity (Wildman–Crippen MR) is 79.6 cm³/mol. The van der Waals surface area contributed by atoms with Crippen molar-refractivity contribution in [2.24, 2.45) is 5.10 Å². The number of nitrogens with one attached hydrogen (secondary N) is 1. The Morgan fingerprint density at radius 1 is 1.09 bits per heavy atom. The summed E-state index contributed by atoms with van der Waals surface area (Å²) >= 11 is 0. The lowest BCUT2D eigenvalue weighted by atomic mass is 10.1. The second-order valence-electron chi connectivity index (χ2n) is 4.98. The van der Waals surface area contributed by atoms with E-state index in [4.69, 9.17) is 5.11 Å². The minimum Gasteiger partial charge on any atom is -0.478 e. The third kappa shape index (κ3) is 4.15. The van der Waals surface area contributed by atoms with Crippen LogP contribution in [0.1, 0.15) is 35.2 Å². The zero-order valence-corrected chi connectivity index (χ0v) is 12.0. The van der Waals surface area contributed by atoms with Crippen LogP contribution in [-0.4, -0.2) is 47.1 Å². The van der Waals surface area contributed by atoms with E-state index in [9.17, 15) is 14.4 Å². The summed E-state index contributed by atoms with van der Waals surface area (Å²) in [6.45, 7) is 1.21. The fourth-order valence-corrected chi connectivity index (χ4v) is 2.17. The molecule has 0 atom stereocenters. The first-order valence-electron chi connectivity index (χ1n) is 7.03. The van der Waals surface area contributed by atoms with Gasteiger partial charge in [0.15, 0.2) is 0 Å². The molecular formula is C15H17N3O4. The molecule has 0 unspecified atom stereocenters. The average Bonchev–Trinajstić information content (AvgIpc) is 2.55. The van der Waals surface area contributed by atoms with Crippen molar-refractivity contribution >= 4 is 24.0 Å². The highest BCUT2D eigenvalue weighted by Gasteiger charge is 2.22. The SMILES string of the molecule is O=C(NN=Cc1ccc(C(=O)O)cc1)C(=O)N1CCCCC1. The van der Waals surface area contributed by atoms with Crippen molar-refractivity contribution in [3.05, 3.63) is 35.4 Å². The van der Waals surface area contributed by atoms with Gasteiger partial charge in [0.25, 0.3) is 0 Å². The number of aromatic carboxylic acids is 1. The van der Waals surface area contributed by atoms with Gasteiger partial charge in [-0.25, -0.2) is 10.2 Å². The van der Waals surface area contributed by atoms with Gasteiger partial charge in [0.05, 0.1) is 11.8 Å². The van der Waals surface area contributed by atoms with E-state index in [-0.39, 0.29) is 5.56 Å². The van der Waals surface area contributed by atoms with Crippen LogP contribution in [-0.2, 0) is 9.59 Å². The number of rotatable bonds is 3. The largest absolute Gasteiger partial charge is 0.478 e. The molecule has 2 N–H and O–H groups in total. The monoisotopic (exact) mass is 303 g/mol. The maximum atomic E-state index is 11.8. The van der Waals surface area contributed by atoms with Crippen LogP contribution in [0, 0.1) is 0 Å². The van der Waals surface area contributed by atoms with Crippen LogP contribution in [0.15, 0.2) is 29.4 Å². The summed E-state index contributed by atoms with van der Waals surface area (Å²) in [5.41, 5.74) is 2.98. The number of carbonyl (C=O) groups is 3. The van der Waals surface area contributed by atoms with Gasteiger partial charge in [0.1, 0.15) is 0 Å². The number of amides is 2. The first kappa shape index (κ1) is 15.7. The third-order valence-electron chi connectivity index (χ3n) is 3.37. The highest BCUT2D eigenvalue weighted by Crippen LogP contribution is 2.08. The zero-order valence-electron chi connectivity index (χ0n) is 12.0. The molecule has 0 aromatic heterocycles. The van der Waals surface area contributed by atoms with E-state index >= 15 is 0 Å². The highest BCUT2D eigenvalue weighted by atomic mass is 16.4.